The number of rotatable bonds is 7. The summed E-state index contributed by atoms with van der Waals surface area (Å²) in [7, 11) is -4.65. The van der Waals surface area contributed by atoms with Gasteiger partial charge in [-0.2, -0.15) is 0 Å². The second-order valence-electron chi connectivity index (χ2n) is 12.6. The minimum Gasteiger partial charge on any atom is -0.726 e. The van der Waals surface area contributed by atoms with Gasteiger partial charge in [-0.1, -0.05) is 34.1 Å². The molecule has 7 nitrogen and oxygen atoms in total. The summed E-state index contributed by atoms with van der Waals surface area (Å²) < 4.78 is 36.6. The van der Waals surface area contributed by atoms with Crippen LogP contribution in [0.1, 0.15) is 85.5 Å². The summed E-state index contributed by atoms with van der Waals surface area (Å²) in [6.07, 6.45) is 6.16. The van der Waals surface area contributed by atoms with Gasteiger partial charge in [0.1, 0.15) is 0 Å². The van der Waals surface area contributed by atoms with Crippen molar-refractivity contribution in [3.8, 4) is 0 Å². The van der Waals surface area contributed by atoms with Gasteiger partial charge in [-0.3, -0.25) is 4.18 Å². The molecule has 12 atom stereocenters. The van der Waals surface area contributed by atoms with Gasteiger partial charge in [0, 0.05) is 0 Å². The van der Waals surface area contributed by atoms with Gasteiger partial charge >= 0.3 is 29.6 Å². The van der Waals surface area contributed by atoms with Crippen LogP contribution in [0.2, 0.25) is 0 Å². The smallest absolute Gasteiger partial charge is 0.726 e. The molecule has 198 valence electrons. The maximum Gasteiger partial charge on any atom is 1.00 e. The zero-order valence-corrected chi connectivity index (χ0v) is 25.0. The molecule has 0 spiro atoms. The molecule has 4 saturated carbocycles. The number of hydrogen-bond donors (Lipinski definition) is 3. The molecule has 4 aliphatic rings. The average molecular weight is 525 g/mol. The molecule has 0 amide bonds. The van der Waals surface area contributed by atoms with E-state index in [1.807, 2.05) is 0 Å². The van der Waals surface area contributed by atoms with Crippen LogP contribution in [-0.4, -0.2) is 53.2 Å². The molecule has 0 heterocycles. The molecule has 0 aliphatic heterocycles. The average Bonchev–Trinajstić information content (AvgIpc) is 3.08. The van der Waals surface area contributed by atoms with Gasteiger partial charge in [0.15, 0.2) is 0 Å². The van der Waals surface area contributed by atoms with Crippen molar-refractivity contribution < 1.29 is 62.0 Å². The monoisotopic (exact) mass is 524 g/mol. The summed E-state index contributed by atoms with van der Waals surface area (Å²) in [6.45, 7) is 8.88. The Kier molecular flexibility index (Phi) is 9.60. The van der Waals surface area contributed by atoms with Crippen molar-refractivity contribution in [2.45, 2.75) is 104 Å². The SMILES string of the molecule is CC[C@H]1[C@@H](O)C2C3CC[C@H]([C@H](C)CCCOS(=O)(=O)[O-])[C@@]3(C)C[C@H](O)C2[C@@]2(C)CC[C@@H](O)C[C@@H]12.[Na+]. The van der Waals surface area contributed by atoms with Crippen molar-refractivity contribution in [2.75, 3.05) is 6.61 Å². The summed E-state index contributed by atoms with van der Waals surface area (Å²) in [4.78, 5) is 0. The predicted molar refractivity (Wildman–Crippen MR) is 127 cm³/mol. The van der Waals surface area contributed by atoms with Crippen LogP contribution >= 0.6 is 0 Å². The first-order valence-electron chi connectivity index (χ1n) is 13.5. The van der Waals surface area contributed by atoms with Gasteiger partial charge < -0.3 is 19.9 Å². The van der Waals surface area contributed by atoms with Crippen LogP contribution in [0.15, 0.2) is 0 Å². The van der Waals surface area contributed by atoms with Crippen LogP contribution in [0.5, 0.6) is 0 Å². The molecule has 0 saturated heterocycles. The standard InChI is InChI=1S/C26H46O7S.Na/c1-5-17-20-13-16(27)10-11-25(20,3)23-21(28)14-26(4)18(8-9-19(26)22(23)24(17)29)15(2)7-6-12-33-34(30,31)32;/h15-24,27-29H,5-14H2,1-4H3,(H,30,31,32);/q;+1/p-1/t15-,16-,17-,18-,19?,20+,21+,22?,23?,24-,25+,26-;/m1./s1. The molecule has 9 heteroatoms. The molecule has 0 radical (unpaired) electrons. The first kappa shape index (κ1) is 30.3. The van der Waals surface area contributed by atoms with Gasteiger partial charge in [0.05, 0.1) is 24.9 Å². The predicted octanol–water partition coefficient (Wildman–Crippen LogP) is 0.481. The van der Waals surface area contributed by atoms with Crippen molar-refractivity contribution in [2.24, 2.45) is 52.3 Å². The van der Waals surface area contributed by atoms with E-state index >= 15 is 0 Å². The normalized spacial score (nSPS) is 48.3. The zero-order valence-electron chi connectivity index (χ0n) is 22.2. The summed E-state index contributed by atoms with van der Waals surface area (Å²) >= 11 is 0. The summed E-state index contributed by atoms with van der Waals surface area (Å²) in [6, 6.07) is 0. The Morgan fingerprint density at radius 1 is 1.09 bits per heavy atom. The molecule has 0 aromatic carbocycles. The Morgan fingerprint density at radius 2 is 1.77 bits per heavy atom. The molecular formula is C26H45NaO7S. The fraction of sp³-hybridized carbons (Fsp3) is 1.00. The third-order valence-electron chi connectivity index (χ3n) is 11.1. The van der Waals surface area contributed by atoms with Gasteiger partial charge in [-0.15, -0.1) is 0 Å². The van der Waals surface area contributed by atoms with Gasteiger partial charge in [0.25, 0.3) is 0 Å². The van der Waals surface area contributed by atoms with Crippen LogP contribution in [0.3, 0.4) is 0 Å². The molecule has 3 N–H and O–H groups in total. The first-order valence-corrected chi connectivity index (χ1v) is 14.8. The van der Waals surface area contributed by atoms with Crippen molar-refractivity contribution in [3.05, 3.63) is 0 Å². The third kappa shape index (κ3) is 5.44. The second-order valence-corrected chi connectivity index (χ2v) is 13.7. The van der Waals surface area contributed by atoms with Crippen LogP contribution in [0.4, 0.5) is 0 Å². The topological polar surface area (TPSA) is 127 Å². The minimum atomic E-state index is -4.65. The maximum atomic E-state index is 11.8. The van der Waals surface area contributed by atoms with E-state index in [9.17, 15) is 28.3 Å². The molecule has 4 aliphatic carbocycles. The number of aliphatic hydroxyl groups is 3. The summed E-state index contributed by atoms with van der Waals surface area (Å²) in [5.74, 6) is 1.56. The molecule has 4 rings (SSSR count). The Balaban J connectivity index is 0.00000342. The molecule has 35 heavy (non-hydrogen) atoms. The van der Waals surface area contributed by atoms with E-state index < -0.39 is 22.6 Å². The van der Waals surface area contributed by atoms with E-state index in [-0.39, 0.29) is 76.8 Å². The van der Waals surface area contributed by atoms with Crippen LogP contribution in [-0.2, 0) is 14.6 Å². The molecular weight excluding hydrogens is 479 g/mol. The maximum absolute atomic E-state index is 11.8. The first-order chi connectivity index (χ1) is 15.8. The fourth-order valence-corrected chi connectivity index (χ4v) is 10.1. The largest absolute Gasteiger partial charge is 1.00 e. The minimum absolute atomic E-state index is 0. The van der Waals surface area contributed by atoms with Crippen LogP contribution < -0.4 is 29.6 Å². The quantitative estimate of drug-likeness (QED) is 0.191. The van der Waals surface area contributed by atoms with Crippen molar-refractivity contribution in [1.29, 1.82) is 0 Å². The van der Waals surface area contributed by atoms with E-state index in [2.05, 4.69) is 31.9 Å². The van der Waals surface area contributed by atoms with E-state index in [0.29, 0.717) is 24.2 Å². The Hall–Kier alpha value is 0.750. The van der Waals surface area contributed by atoms with Crippen molar-refractivity contribution >= 4 is 10.4 Å². The summed E-state index contributed by atoms with van der Waals surface area (Å²) in [5.41, 5.74) is -0.141. The molecule has 4 fully saturated rings. The van der Waals surface area contributed by atoms with E-state index in [0.717, 1.165) is 51.4 Å². The second kappa shape index (κ2) is 11.1. The molecule has 0 aromatic rings. The molecule has 0 aromatic heterocycles. The van der Waals surface area contributed by atoms with Crippen LogP contribution in [0.25, 0.3) is 0 Å². The number of hydrogen-bond acceptors (Lipinski definition) is 7. The molecule has 3 unspecified atom stereocenters. The Morgan fingerprint density at radius 3 is 2.40 bits per heavy atom. The van der Waals surface area contributed by atoms with Crippen LogP contribution in [0, 0.1) is 52.3 Å². The van der Waals surface area contributed by atoms with E-state index in [1.54, 1.807) is 0 Å². The van der Waals surface area contributed by atoms with Crippen molar-refractivity contribution in [1.82, 2.24) is 0 Å². The third-order valence-corrected chi connectivity index (χ3v) is 11.6. The van der Waals surface area contributed by atoms with E-state index in [4.69, 9.17) is 0 Å². The van der Waals surface area contributed by atoms with E-state index in [1.165, 1.54) is 0 Å². The van der Waals surface area contributed by atoms with Crippen molar-refractivity contribution in [3.63, 3.8) is 0 Å². The number of aliphatic hydroxyl groups excluding tert-OH is 3. The Labute approximate surface area is 234 Å². The number of fused-ring (bicyclic) bond motifs is 5. The summed E-state index contributed by atoms with van der Waals surface area (Å²) in [5, 5.41) is 33.9. The van der Waals surface area contributed by atoms with Gasteiger partial charge in [0.2, 0.25) is 10.4 Å². The fourth-order valence-electron chi connectivity index (χ4n) is 9.81. The van der Waals surface area contributed by atoms with Gasteiger partial charge in [-0.05, 0) is 104 Å². The zero-order chi connectivity index (χ0) is 25.1. The Bertz CT molecular complexity index is 840. The van der Waals surface area contributed by atoms with Gasteiger partial charge in [-0.25, -0.2) is 8.42 Å². The molecule has 0 bridgehead atoms.